The number of thioether (sulfide) groups is 1. The number of ether oxygens (including phenoxy) is 1. The first-order valence-corrected chi connectivity index (χ1v) is 9.73. The molecule has 3 rings (SSSR count). The Morgan fingerprint density at radius 2 is 1.84 bits per heavy atom. The maximum atomic E-state index is 12.3. The van der Waals surface area contributed by atoms with E-state index in [9.17, 15) is 4.79 Å². The molecule has 1 saturated heterocycles. The highest BCUT2D eigenvalue weighted by molar-refractivity contribution is 7.99. The highest BCUT2D eigenvalue weighted by Gasteiger charge is 2.15. The van der Waals surface area contributed by atoms with Crippen LogP contribution in [0.1, 0.15) is 11.1 Å². The molecule has 4 nitrogen and oxygen atoms in total. The molecule has 0 unspecified atom stereocenters. The molecule has 2 aromatic rings. The first kappa shape index (κ1) is 17.8. The van der Waals surface area contributed by atoms with Crippen molar-refractivity contribution in [3.8, 4) is 0 Å². The van der Waals surface area contributed by atoms with Gasteiger partial charge in [-0.2, -0.15) is 0 Å². The van der Waals surface area contributed by atoms with E-state index in [1.165, 1.54) is 11.1 Å². The number of nitrogens with one attached hydrogen (secondary N) is 1. The smallest absolute Gasteiger partial charge is 0.234 e. The third kappa shape index (κ3) is 5.25. The average Bonchev–Trinajstić information content (AvgIpc) is 2.64. The third-order valence-electron chi connectivity index (χ3n) is 4.15. The summed E-state index contributed by atoms with van der Waals surface area (Å²) in [6.07, 6.45) is 0. The Kier molecular flexibility index (Phi) is 6.36. The second-order valence-electron chi connectivity index (χ2n) is 6.14. The van der Waals surface area contributed by atoms with E-state index in [4.69, 9.17) is 4.74 Å². The van der Waals surface area contributed by atoms with Crippen LogP contribution in [0.4, 0.5) is 11.4 Å². The highest BCUT2D eigenvalue weighted by atomic mass is 32.2. The SMILES string of the molecule is Cc1ccc(CSCC(=O)Nc2ccccc2N2CCOCC2)cc1. The normalized spacial score (nSPS) is 14.4. The van der Waals surface area contributed by atoms with Crippen LogP contribution in [0.3, 0.4) is 0 Å². The van der Waals surface area contributed by atoms with Crippen LogP contribution in [0, 0.1) is 6.92 Å². The highest BCUT2D eigenvalue weighted by Crippen LogP contribution is 2.26. The van der Waals surface area contributed by atoms with Gasteiger partial charge in [0.25, 0.3) is 0 Å². The largest absolute Gasteiger partial charge is 0.378 e. The number of carbonyl (C=O) groups is 1. The van der Waals surface area contributed by atoms with Gasteiger partial charge in [0, 0.05) is 18.8 Å². The Balaban J connectivity index is 1.53. The second-order valence-corrected chi connectivity index (χ2v) is 7.13. The van der Waals surface area contributed by atoms with E-state index < -0.39 is 0 Å². The van der Waals surface area contributed by atoms with Gasteiger partial charge in [0.15, 0.2) is 0 Å². The number of para-hydroxylation sites is 2. The lowest BCUT2D eigenvalue weighted by atomic mass is 10.2. The van der Waals surface area contributed by atoms with Crippen LogP contribution >= 0.6 is 11.8 Å². The van der Waals surface area contributed by atoms with Crippen molar-refractivity contribution in [3.05, 3.63) is 59.7 Å². The fraction of sp³-hybridized carbons (Fsp3) is 0.350. The maximum absolute atomic E-state index is 12.3. The summed E-state index contributed by atoms with van der Waals surface area (Å²) in [7, 11) is 0. The van der Waals surface area contributed by atoms with Crippen LogP contribution in [0.2, 0.25) is 0 Å². The van der Waals surface area contributed by atoms with Crippen LogP contribution in [0.25, 0.3) is 0 Å². The van der Waals surface area contributed by atoms with E-state index in [1.807, 2.05) is 18.2 Å². The van der Waals surface area contributed by atoms with Crippen molar-refractivity contribution < 1.29 is 9.53 Å². The molecule has 0 aliphatic carbocycles. The zero-order valence-corrected chi connectivity index (χ0v) is 15.3. The molecule has 2 aromatic carbocycles. The topological polar surface area (TPSA) is 41.6 Å². The number of nitrogens with zero attached hydrogens (tertiary/aromatic N) is 1. The van der Waals surface area contributed by atoms with Crippen molar-refractivity contribution in [1.29, 1.82) is 0 Å². The lowest BCUT2D eigenvalue weighted by molar-refractivity contribution is -0.113. The summed E-state index contributed by atoms with van der Waals surface area (Å²) in [6.45, 7) is 5.25. The lowest BCUT2D eigenvalue weighted by Gasteiger charge is -2.30. The summed E-state index contributed by atoms with van der Waals surface area (Å²) in [5, 5.41) is 3.06. The molecule has 0 bridgehead atoms. The van der Waals surface area contributed by atoms with Crippen molar-refractivity contribution in [2.45, 2.75) is 12.7 Å². The van der Waals surface area contributed by atoms with Gasteiger partial charge in [-0.05, 0) is 24.6 Å². The minimum atomic E-state index is 0.0396. The zero-order valence-electron chi connectivity index (χ0n) is 14.5. The van der Waals surface area contributed by atoms with Crippen molar-refractivity contribution in [2.75, 3.05) is 42.3 Å². The van der Waals surface area contributed by atoms with E-state index in [-0.39, 0.29) is 5.91 Å². The second kappa shape index (κ2) is 8.92. The van der Waals surface area contributed by atoms with Gasteiger partial charge in [0.05, 0.1) is 30.3 Å². The fourth-order valence-corrected chi connectivity index (χ4v) is 3.58. The first-order chi connectivity index (χ1) is 12.2. The molecule has 1 N–H and O–H groups in total. The van der Waals surface area contributed by atoms with E-state index >= 15 is 0 Å². The maximum Gasteiger partial charge on any atom is 0.234 e. The Hall–Kier alpha value is -1.98. The average molecular weight is 356 g/mol. The quantitative estimate of drug-likeness (QED) is 0.857. The van der Waals surface area contributed by atoms with Crippen molar-refractivity contribution in [2.24, 2.45) is 0 Å². The zero-order chi connectivity index (χ0) is 17.5. The van der Waals surface area contributed by atoms with Gasteiger partial charge in [-0.3, -0.25) is 4.79 Å². The minimum Gasteiger partial charge on any atom is -0.378 e. The number of anilines is 2. The standard InChI is InChI=1S/C20H24N2O2S/c1-16-6-8-17(9-7-16)14-25-15-20(23)21-18-4-2-3-5-19(18)22-10-12-24-13-11-22/h2-9H,10-15H2,1H3,(H,21,23). The molecule has 25 heavy (non-hydrogen) atoms. The van der Waals surface area contributed by atoms with Crippen LogP contribution in [-0.4, -0.2) is 38.0 Å². The van der Waals surface area contributed by atoms with E-state index in [0.29, 0.717) is 5.75 Å². The van der Waals surface area contributed by atoms with Gasteiger partial charge in [0.1, 0.15) is 0 Å². The Morgan fingerprint density at radius 1 is 1.12 bits per heavy atom. The van der Waals surface area contributed by atoms with Crippen molar-refractivity contribution >= 4 is 29.0 Å². The Bertz CT molecular complexity index is 697. The molecule has 0 atom stereocenters. The van der Waals surface area contributed by atoms with Crippen LogP contribution in [-0.2, 0) is 15.3 Å². The Morgan fingerprint density at radius 3 is 2.60 bits per heavy atom. The van der Waals surface area contributed by atoms with Gasteiger partial charge in [-0.15, -0.1) is 11.8 Å². The summed E-state index contributed by atoms with van der Waals surface area (Å²) in [5.74, 6) is 1.34. The Labute approximate surface area is 153 Å². The lowest BCUT2D eigenvalue weighted by Crippen LogP contribution is -2.36. The number of morpholine rings is 1. The van der Waals surface area contributed by atoms with Crippen molar-refractivity contribution in [1.82, 2.24) is 0 Å². The number of hydrogen-bond acceptors (Lipinski definition) is 4. The first-order valence-electron chi connectivity index (χ1n) is 8.57. The number of amides is 1. The summed E-state index contributed by atoms with van der Waals surface area (Å²) in [5.41, 5.74) is 4.45. The molecule has 1 amide bonds. The molecule has 0 spiro atoms. The third-order valence-corrected chi connectivity index (χ3v) is 5.16. The van der Waals surface area contributed by atoms with Crippen molar-refractivity contribution in [3.63, 3.8) is 0 Å². The molecule has 1 heterocycles. The van der Waals surface area contributed by atoms with Crippen LogP contribution < -0.4 is 10.2 Å². The summed E-state index contributed by atoms with van der Waals surface area (Å²) >= 11 is 1.64. The van der Waals surface area contributed by atoms with Gasteiger partial charge < -0.3 is 15.0 Å². The molecule has 132 valence electrons. The fourth-order valence-electron chi connectivity index (χ4n) is 2.79. The van der Waals surface area contributed by atoms with Gasteiger partial charge in [0.2, 0.25) is 5.91 Å². The molecule has 0 saturated carbocycles. The van der Waals surface area contributed by atoms with E-state index in [2.05, 4.69) is 47.5 Å². The molecule has 1 fully saturated rings. The predicted molar refractivity (Wildman–Crippen MR) is 105 cm³/mol. The molecule has 1 aliphatic heterocycles. The van der Waals surface area contributed by atoms with Crippen LogP contribution in [0.5, 0.6) is 0 Å². The monoisotopic (exact) mass is 356 g/mol. The van der Waals surface area contributed by atoms with Gasteiger partial charge >= 0.3 is 0 Å². The molecule has 5 heteroatoms. The van der Waals surface area contributed by atoms with E-state index in [0.717, 1.165) is 43.4 Å². The van der Waals surface area contributed by atoms with Gasteiger partial charge in [-0.25, -0.2) is 0 Å². The van der Waals surface area contributed by atoms with Gasteiger partial charge in [-0.1, -0.05) is 42.0 Å². The summed E-state index contributed by atoms with van der Waals surface area (Å²) in [4.78, 5) is 14.6. The predicted octanol–water partition coefficient (Wildman–Crippen LogP) is 3.70. The molecular formula is C20H24N2O2S. The van der Waals surface area contributed by atoms with Crippen LogP contribution in [0.15, 0.2) is 48.5 Å². The molecule has 1 aliphatic rings. The molecule has 0 aromatic heterocycles. The van der Waals surface area contributed by atoms with E-state index in [1.54, 1.807) is 11.8 Å². The molecule has 0 radical (unpaired) electrons. The number of hydrogen-bond donors (Lipinski definition) is 1. The number of carbonyl (C=O) groups excluding carboxylic acids is 1. The summed E-state index contributed by atoms with van der Waals surface area (Å²) < 4.78 is 5.41. The summed E-state index contributed by atoms with van der Waals surface area (Å²) in [6, 6.07) is 16.4. The minimum absolute atomic E-state index is 0.0396. The number of aryl methyl sites for hydroxylation is 1. The number of benzene rings is 2. The molecular weight excluding hydrogens is 332 g/mol. The number of rotatable bonds is 6.